The number of halogens is 1. The number of hydrogen-bond donors (Lipinski definition) is 1. The Kier molecular flexibility index (Phi) is 6.66. The zero-order valence-corrected chi connectivity index (χ0v) is 18.5. The molecule has 0 unspecified atom stereocenters. The Balaban J connectivity index is 1.74. The molecule has 3 aromatic heterocycles. The molecule has 4 aromatic rings. The lowest BCUT2D eigenvalue weighted by atomic mass is 10.1. The number of alkyl halides is 1. The van der Waals surface area contributed by atoms with E-state index in [1.165, 1.54) is 0 Å². The summed E-state index contributed by atoms with van der Waals surface area (Å²) < 4.78 is 18.6. The molecule has 0 spiro atoms. The molecule has 0 aliphatic carbocycles. The first-order chi connectivity index (χ1) is 15.5. The second-order valence-corrected chi connectivity index (χ2v) is 8.09. The van der Waals surface area contributed by atoms with Crippen LogP contribution in [-0.2, 0) is 18.0 Å². The predicted octanol–water partition coefficient (Wildman–Crippen LogP) is 5.78. The fourth-order valence-electron chi connectivity index (χ4n) is 3.30. The van der Waals surface area contributed by atoms with Crippen LogP contribution >= 0.6 is 0 Å². The highest BCUT2D eigenvalue weighted by Crippen LogP contribution is 2.27. The van der Waals surface area contributed by atoms with Gasteiger partial charge in [-0.05, 0) is 54.3 Å². The predicted molar refractivity (Wildman–Crippen MR) is 124 cm³/mol. The van der Waals surface area contributed by atoms with Gasteiger partial charge < -0.3 is 10.1 Å². The number of ether oxygens (including phenoxy) is 1. The van der Waals surface area contributed by atoms with Crippen molar-refractivity contribution in [3.8, 4) is 11.4 Å². The monoisotopic (exact) mass is 431 g/mol. The second kappa shape index (κ2) is 9.78. The molecule has 0 radical (unpaired) electrons. The second-order valence-electron chi connectivity index (χ2n) is 8.09. The first kappa shape index (κ1) is 21.8. The number of anilines is 2. The molecule has 0 aliphatic rings. The molecule has 1 aromatic carbocycles. The number of aromatic nitrogens is 4. The Bertz CT molecular complexity index is 1210. The summed E-state index contributed by atoms with van der Waals surface area (Å²) in [6.45, 7) is 6.62. The van der Waals surface area contributed by atoms with Crippen molar-refractivity contribution < 1.29 is 9.13 Å². The van der Waals surface area contributed by atoms with E-state index >= 15 is 0 Å². The van der Waals surface area contributed by atoms with Gasteiger partial charge in [-0.2, -0.15) is 0 Å². The Labute approximate surface area is 186 Å². The highest BCUT2D eigenvalue weighted by Gasteiger charge is 2.13. The van der Waals surface area contributed by atoms with E-state index in [4.69, 9.17) is 9.72 Å². The summed E-state index contributed by atoms with van der Waals surface area (Å²) in [7, 11) is 0. The Morgan fingerprint density at radius 3 is 2.53 bits per heavy atom. The number of fused-ring (bicyclic) bond motifs is 1. The smallest absolute Gasteiger partial charge is 0.165 e. The largest absolute Gasteiger partial charge is 0.373 e. The molecule has 0 amide bonds. The number of benzene rings is 1. The molecule has 0 saturated carbocycles. The van der Waals surface area contributed by atoms with Gasteiger partial charge in [-0.25, -0.2) is 19.3 Å². The van der Waals surface area contributed by atoms with Crippen LogP contribution < -0.4 is 5.32 Å². The lowest BCUT2D eigenvalue weighted by Crippen LogP contribution is -2.07. The SMILES string of the molecule is Cc1cccnc1-c1ccc2c(Nc3ccc(CF)cc3)nc(COCC(C)C)nc2n1. The number of pyridine rings is 2. The van der Waals surface area contributed by atoms with Crippen molar-refractivity contribution in [2.45, 2.75) is 34.1 Å². The third-order valence-corrected chi connectivity index (χ3v) is 4.91. The minimum Gasteiger partial charge on any atom is -0.373 e. The first-order valence-corrected chi connectivity index (χ1v) is 10.6. The quantitative estimate of drug-likeness (QED) is 0.381. The minimum absolute atomic E-state index is 0.290. The zero-order valence-electron chi connectivity index (χ0n) is 18.5. The summed E-state index contributed by atoms with van der Waals surface area (Å²) in [4.78, 5) is 18.6. The lowest BCUT2D eigenvalue weighted by Gasteiger charge is -2.13. The van der Waals surface area contributed by atoms with Gasteiger partial charge in [0.1, 0.15) is 19.1 Å². The molecule has 0 atom stereocenters. The normalized spacial score (nSPS) is 11.3. The van der Waals surface area contributed by atoms with Gasteiger partial charge in [0, 0.05) is 18.5 Å². The van der Waals surface area contributed by atoms with E-state index in [-0.39, 0.29) is 6.61 Å². The van der Waals surface area contributed by atoms with Crippen LogP contribution in [0.2, 0.25) is 0 Å². The molecule has 4 rings (SSSR count). The number of nitrogens with zero attached hydrogens (tertiary/aromatic N) is 4. The number of aryl methyl sites for hydroxylation is 1. The van der Waals surface area contributed by atoms with E-state index in [0.717, 1.165) is 28.0 Å². The fraction of sp³-hybridized carbons (Fsp3) is 0.280. The van der Waals surface area contributed by atoms with Gasteiger partial charge in [0.15, 0.2) is 11.5 Å². The average Bonchev–Trinajstić information content (AvgIpc) is 2.79. The van der Waals surface area contributed by atoms with Crippen LogP contribution in [0.1, 0.15) is 30.8 Å². The topological polar surface area (TPSA) is 72.8 Å². The Morgan fingerprint density at radius 1 is 1.00 bits per heavy atom. The first-order valence-electron chi connectivity index (χ1n) is 10.6. The summed E-state index contributed by atoms with van der Waals surface area (Å²) >= 11 is 0. The summed E-state index contributed by atoms with van der Waals surface area (Å²) in [5, 5.41) is 4.11. The summed E-state index contributed by atoms with van der Waals surface area (Å²) in [6, 6.07) is 14.9. The van der Waals surface area contributed by atoms with Crippen molar-refractivity contribution in [2.75, 3.05) is 11.9 Å². The van der Waals surface area contributed by atoms with Gasteiger partial charge in [-0.15, -0.1) is 0 Å². The van der Waals surface area contributed by atoms with Gasteiger partial charge in [0.25, 0.3) is 0 Å². The average molecular weight is 432 g/mol. The van der Waals surface area contributed by atoms with Gasteiger partial charge in [0.2, 0.25) is 0 Å². The van der Waals surface area contributed by atoms with Crippen molar-refractivity contribution >= 4 is 22.5 Å². The van der Waals surface area contributed by atoms with Crippen molar-refractivity contribution in [2.24, 2.45) is 5.92 Å². The standard InChI is InChI=1S/C25H26FN5O/c1-16(2)14-32-15-22-30-24(28-19-8-6-18(13-26)7-9-19)20-10-11-21(29-25(20)31-22)23-17(3)5-4-12-27-23/h4-12,16H,13-15H2,1-3H3,(H,28,29,30,31). The van der Waals surface area contributed by atoms with Crippen LogP contribution in [0.15, 0.2) is 54.7 Å². The summed E-state index contributed by atoms with van der Waals surface area (Å²) in [5.41, 5.74) is 4.61. The van der Waals surface area contributed by atoms with Gasteiger partial charge in [-0.1, -0.05) is 32.0 Å². The molecule has 164 valence electrons. The van der Waals surface area contributed by atoms with E-state index < -0.39 is 6.67 Å². The zero-order chi connectivity index (χ0) is 22.5. The van der Waals surface area contributed by atoms with E-state index in [2.05, 4.69) is 34.1 Å². The molecule has 0 aliphatic heterocycles. The molecule has 0 bridgehead atoms. The van der Waals surface area contributed by atoms with Crippen LogP contribution in [0.25, 0.3) is 22.4 Å². The third kappa shape index (κ3) is 5.06. The molecular weight excluding hydrogens is 405 g/mol. The highest BCUT2D eigenvalue weighted by atomic mass is 19.1. The molecule has 3 heterocycles. The van der Waals surface area contributed by atoms with E-state index in [0.29, 0.717) is 35.4 Å². The molecule has 0 saturated heterocycles. The maximum atomic E-state index is 12.9. The van der Waals surface area contributed by atoms with Crippen LogP contribution in [0.3, 0.4) is 0 Å². The van der Waals surface area contributed by atoms with Crippen molar-refractivity contribution in [3.05, 3.63) is 71.7 Å². The van der Waals surface area contributed by atoms with Crippen LogP contribution in [0.5, 0.6) is 0 Å². The van der Waals surface area contributed by atoms with Crippen LogP contribution in [0.4, 0.5) is 15.9 Å². The van der Waals surface area contributed by atoms with Crippen molar-refractivity contribution in [1.82, 2.24) is 19.9 Å². The minimum atomic E-state index is -0.492. The molecule has 32 heavy (non-hydrogen) atoms. The van der Waals surface area contributed by atoms with Crippen LogP contribution in [-0.4, -0.2) is 26.5 Å². The van der Waals surface area contributed by atoms with Gasteiger partial charge in [-0.3, -0.25) is 4.98 Å². The summed E-state index contributed by atoms with van der Waals surface area (Å²) in [6.07, 6.45) is 1.76. The third-order valence-electron chi connectivity index (χ3n) is 4.91. The van der Waals surface area contributed by atoms with Crippen molar-refractivity contribution in [1.29, 1.82) is 0 Å². The van der Waals surface area contributed by atoms with Crippen molar-refractivity contribution in [3.63, 3.8) is 0 Å². The lowest BCUT2D eigenvalue weighted by molar-refractivity contribution is 0.0925. The number of hydrogen-bond acceptors (Lipinski definition) is 6. The van der Waals surface area contributed by atoms with E-state index in [1.807, 2.05) is 43.3 Å². The molecule has 6 nitrogen and oxygen atoms in total. The molecule has 1 N–H and O–H groups in total. The van der Waals surface area contributed by atoms with Gasteiger partial charge in [0.05, 0.1) is 16.8 Å². The van der Waals surface area contributed by atoms with E-state index in [1.54, 1.807) is 18.3 Å². The molecular formula is C25H26FN5O. The highest BCUT2D eigenvalue weighted by molar-refractivity contribution is 5.90. The number of rotatable bonds is 8. The fourth-order valence-corrected chi connectivity index (χ4v) is 3.30. The van der Waals surface area contributed by atoms with E-state index in [9.17, 15) is 4.39 Å². The Hall–Kier alpha value is -3.45. The maximum absolute atomic E-state index is 12.9. The van der Waals surface area contributed by atoms with Crippen LogP contribution in [0, 0.1) is 12.8 Å². The molecule has 7 heteroatoms. The summed E-state index contributed by atoms with van der Waals surface area (Å²) in [5.74, 6) is 1.59. The van der Waals surface area contributed by atoms with Gasteiger partial charge >= 0.3 is 0 Å². The molecule has 0 fully saturated rings. The Morgan fingerprint density at radius 2 is 1.81 bits per heavy atom. The number of nitrogens with one attached hydrogen (secondary N) is 1. The maximum Gasteiger partial charge on any atom is 0.165 e.